The van der Waals surface area contributed by atoms with Crippen molar-refractivity contribution in [3.63, 3.8) is 0 Å². The van der Waals surface area contributed by atoms with Crippen LogP contribution in [0.25, 0.3) is 0 Å². The van der Waals surface area contributed by atoms with Crippen LogP contribution in [0.5, 0.6) is 0 Å². The average molecular weight is 197 g/mol. The standard InChI is InChI=1S/C11H13F2N/c1-8-4-2-3-5-9(8)11(12,13)10-6-7-14-10/h2-5,10,14H,6-7H2,1H3. The van der Waals surface area contributed by atoms with Crippen molar-refractivity contribution in [2.24, 2.45) is 0 Å². The molecule has 0 spiro atoms. The fraction of sp³-hybridized carbons (Fsp3) is 0.455. The zero-order chi connectivity index (χ0) is 10.2. The summed E-state index contributed by atoms with van der Waals surface area (Å²) in [6.07, 6.45) is 0.557. The molecule has 76 valence electrons. The SMILES string of the molecule is Cc1ccccc1C(F)(F)C1CCN1. The van der Waals surface area contributed by atoms with Crippen LogP contribution in [0.4, 0.5) is 8.78 Å². The lowest BCUT2D eigenvalue weighted by Crippen LogP contribution is -2.53. The summed E-state index contributed by atoms with van der Waals surface area (Å²) in [6.45, 7) is 2.42. The number of aryl methyl sites for hydroxylation is 1. The van der Waals surface area contributed by atoms with Crippen LogP contribution in [0.1, 0.15) is 17.5 Å². The predicted octanol–water partition coefficient (Wildman–Crippen LogP) is 2.45. The minimum absolute atomic E-state index is 0.150. The molecule has 1 N–H and O–H groups in total. The molecule has 2 rings (SSSR count). The molecule has 1 heterocycles. The molecule has 0 aromatic heterocycles. The Morgan fingerprint density at radius 1 is 1.36 bits per heavy atom. The van der Waals surface area contributed by atoms with Gasteiger partial charge < -0.3 is 5.32 Å². The highest BCUT2D eigenvalue weighted by Crippen LogP contribution is 2.37. The summed E-state index contributed by atoms with van der Waals surface area (Å²) in [4.78, 5) is 0. The van der Waals surface area contributed by atoms with Crippen molar-refractivity contribution in [3.8, 4) is 0 Å². The molecule has 3 heteroatoms. The van der Waals surface area contributed by atoms with E-state index in [1.807, 2.05) is 0 Å². The van der Waals surface area contributed by atoms with E-state index in [4.69, 9.17) is 0 Å². The number of rotatable bonds is 2. The van der Waals surface area contributed by atoms with Crippen molar-refractivity contribution >= 4 is 0 Å². The third kappa shape index (κ3) is 1.42. The minimum atomic E-state index is -2.73. The Bertz CT molecular complexity index is 332. The van der Waals surface area contributed by atoms with Crippen LogP contribution in [0.15, 0.2) is 24.3 Å². The first-order valence-corrected chi connectivity index (χ1v) is 4.79. The monoisotopic (exact) mass is 197 g/mol. The summed E-state index contributed by atoms with van der Waals surface area (Å²) in [5.74, 6) is -2.73. The maximum atomic E-state index is 13.8. The van der Waals surface area contributed by atoms with Crippen LogP contribution in [0.3, 0.4) is 0 Å². The molecular weight excluding hydrogens is 184 g/mol. The molecule has 14 heavy (non-hydrogen) atoms. The molecule has 1 aliphatic rings. The summed E-state index contributed by atoms with van der Waals surface area (Å²) in [5, 5.41) is 2.76. The van der Waals surface area contributed by atoms with E-state index in [2.05, 4.69) is 5.32 Å². The second kappa shape index (κ2) is 3.31. The second-order valence-electron chi connectivity index (χ2n) is 3.73. The van der Waals surface area contributed by atoms with E-state index >= 15 is 0 Å². The molecule has 1 aromatic rings. The maximum absolute atomic E-state index is 13.8. The molecule has 0 radical (unpaired) electrons. The molecule has 0 amide bonds. The fourth-order valence-electron chi connectivity index (χ4n) is 1.73. The van der Waals surface area contributed by atoms with Gasteiger partial charge >= 0.3 is 0 Å². The molecule has 1 fully saturated rings. The van der Waals surface area contributed by atoms with Crippen LogP contribution < -0.4 is 5.32 Å². The van der Waals surface area contributed by atoms with Crippen molar-refractivity contribution in [2.45, 2.75) is 25.3 Å². The molecule has 1 unspecified atom stereocenters. The summed E-state index contributed by atoms with van der Waals surface area (Å²) in [6, 6.07) is 6.00. The molecule has 1 atom stereocenters. The largest absolute Gasteiger partial charge is 0.308 e. The summed E-state index contributed by atoms with van der Waals surface area (Å²) >= 11 is 0. The Morgan fingerprint density at radius 2 is 2.00 bits per heavy atom. The van der Waals surface area contributed by atoms with Gasteiger partial charge in [0, 0.05) is 5.56 Å². The van der Waals surface area contributed by atoms with Gasteiger partial charge in [-0.15, -0.1) is 0 Å². The van der Waals surface area contributed by atoms with Gasteiger partial charge in [-0.25, -0.2) is 0 Å². The van der Waals surface area contributed by atoms with Crippen molar-refractivity contribution in [1.82, 2.24) is 5.32 Å². The topological polar surface area (TPSA) is 12.0 Å². The summed E-state index contributed by atoms with van der Waals surface area (Å²) in [7, 11) is 0. The maximum Gasteiger partial charge on any atom is 0.288 e. The lowest BCUT2D eigenvalue weighted by molar-refractivity contribution is -0.0651. The van der Waals surface area contributed by atoms with E-state index in [-0.39, 0.29) is 5.56 Å². The van der Waals surface area contributed by atoms with Gasteiger partial charge in [0.1, 0.15) is 0 Å². The quantitative estimate of drug-likeness (QED) is 0.767. The van der Waals surface area contributed by atoms with Gasteiger partial charge in [-0.3, -0.25) is 0 Å². The summed E-state index contributed by atoms with van der Waals surface area (Å²) < 4.78 is 27.6. The lowest BCUT2D eigenvalue weighted by Gasteiger charge is -2.35. The van der Waals surface area contributed by atoms with Crippen LogP contribution >= 0.6 is 0 Å². The molecular formula is C11H13F2N. The third-order valence-corrected chi connectivity index (χ3v) is 2.77. The number of alkyl halides is 2. The fourth-order valence-corrected chi connectivity index (χ4v) is 1.73. The van der Waals surface area contributed by atoms with Crippen LogP contribution in [0, 0.1) is 6.92 Å². The number of halogens is 2. The molecule has 1 nitrogen and oxygen atoms in total. The van der Waals surface area contributed by atoms with Gasteiger partial charge in [0.25, 0.3) is 5.92 Å². The average Bonchev–Trinajstić information content (AvgIpc) is 2.00. The van der Waals surface area contributed by atoms with Gasteiger partial charge in [0.05, 0.1) is 6.04 Å². The first-order chi connectivity index (χ1) is 6.62. The number of nitrogens with one attached hydrogen (secondary N) is 1. The third-order valence-electron chi connectivity index (χ3n) is 2.77. The van der Waals surface area contributed by atoms with Crippen LogP contribution in [-0.4, -0.2) is 12.6 Å². The van der Waals surface area contributed by atoms with E-state index in [0.29, 0.717) is 18.5 Å². The van der Waals surface area contributed by atoms with Crippen molar-refractivity contribution in [1.29, 1.82) is 0 Å². The zero-order valence-electron chi connectivity index (χ0n) is 8.06. The number of hydrogen-bond acceptors (Lipinski definition) is 1. The lowest BCUT2D eigenvalue weighted by atomic mass is 9.91. The molecule has 1 aromatic carbocycles. The molecule has 0 bridgehead atoms. The van der Waals surface area contributed by atoms with E-state index in [0.717, 1.165) is 0 Å². The Morgan fingerprint density at radius 3 is 2.50 bits per heavy atom. The van der Waals surface area contributed by atoms with Gasteiger partial charge in [0.15, 0.2) is 0 Å². The highest BCUT2D eigenvalue weighted by atomic mass is 19.3. The molecule has 1 saturated heterocycles. The highest BCUT2D eigenvalue weighted by molar-refractivity contribution is 5.31. The Kier molecular flexibility index (Phi) is 2.27. The first-order valence-electron chi connectivity index (χ1n) is 4.79. The van der Waals surface area contributed by atoms with Gasteiger partial charge in [-0.05, 0) is 25.5 Å². The van der Waals surface area contributed by atoms with Crippen molar-refractivity contribution < 1.29 is 8.78 Å². The highest BCUT2D eigenvalue weighted by Gasteiger charge is 2.44. The number of benzene rings is 1. The smallest absolute Gasteiger partial charge is 0.288 e. The molecule has 1 aliphatic heterocycles. The number of hydrogen-bond donors (Lipinski definition) is 1. The Hall–Kier alpha value is -0.960. The van der Waals surface area contributed by atoms with Gasteiger partial charge in [0.2, 0.25) is 0 Å². The van der Waals surface area contributed by atoms with Crippen LogP contribution in [0.2, 0.25) is 0 Å². The predicted molar refractivity (Wildman–Crippen MR) is 51.5 cm³/mol. The minimum Gasteiger partial charge on any atom is -0.308 e. The molecule has 0 aliphatic carbocycles. The van der Waals surface area contributed by atoms with Crippen molar-refractivity contribution in [3.05, 3.63) is 35.4 Å². The zero-order valence-corrected chi connectivity index (χ0v) is 8.06. The van der Waals surface area contributed by atoms with E-state index in [1.54, 1.807) is 25.1 Å². The Labute approximate surface area is 82.1 Å². The Balaban J connectivity index is 2.32. The normalized spacial score (nSPS) is 21.8. The van der Waals surface area contributed by atoms with E-state index < -0.39 is 12.0 Å². The second-order valence-corrected chi connectivity index (χ2v) is 3.73. The van der Waals surface area contributed by atoms with E-state index in [9.17, 15) is 8.78 Å². The van der Waals surface area contributed by atoms with Crippen LogP contribution in [-0.2, 0) is 5.92 Å². The molecule has 0 saturated carbocycles. The first kappa shape index (κ1) is 9.59. The summed E-state index contributed by atoms with van der Waals surface area (Å²) in [5.41, 5.74) is 0.809. The van der Waals surface area contributed by atoms with Gasteiger partial charge in [-0.1, -0.05) is 24.3 Å². The van der Waals surface area contributed by atoms with Crippen molar-refractivity contribution in [2.75, 3.05) is 6.54 Å². The van der Waals surface area contributed by atoms with Gasteiger partial charge in [-0.2, -0.15) is 8.78 Å². The van der Waals surface area contributed by atoms with E-state index in [1.165, 1.54) is 6.07 Å².